The summed E-state index contributed by atoms with van der Waals surface area (Å²) in [5, 5.41) is 13.8. The van der Waals surface area contributed by atoms with Crippen LogP contribution in [0.25, 0.3) is 0 Å². The Morgan fingerprint density at radius 2 is 2.24 bits per heavy atom. The minimum absolute atomic E-state index is 0.102. The number of carbonyl (C=O) groups is 1. The van der Waals surface area contributed by atoms with Gasteiger partial charge in [-0.05, 0) is 28.4 Å². The molecular weight excluding hydrogens is 290 g/mol. The quantitative estimate of drug-likeness (QED) is 0.644. The molecule has 1 aromatic rings. The minimum Gasteiger partial charge on any atom is -0.379 e. The lowest BCUT2D eigenvalue weighted by molar-refractivity contribution is -0.384. The number of primary amides is 1. The predicted octanol–water partition coefficient (Wildman–Crippen LogP) is 2.28. The number of hydrogen-bond donors (Lipinski definition) is 2. The summed E-state index contributed by atoms with van der Waals surface area (Å²) in [7, 11) is 0. The van der Waals surface area contributed by atoms with E-state index in [9.17, 15) is 14.9 Å². The van der Waals surface area contributed by atoms with Crippen molar-refractivity contribution in [3.05, 3.63) is 32.3 Å². The molecule has 0 aliphatic carbocycles. The van der Waals surface area contributed by atoms with Crippen LogP contribution in [0.4, 0.5) is 11.4 Å². The first-order valence-electron chi connectivity index (χ1n) is 4.99. The Bertz CT molecular complexity index is 462. The Balaban J connectivity index is 3.28. The maximum atomic E-state index is 11.0. The molecule has 0 saturated carbocycles. The van der Waals surface area contributed by atoms with Crippen LogP contribution in [-0.2, 0) is 0 Å². The van der Waals surface area contributed by atoms with Gasteiger partial charge in [0.2, 0.25) is 5.91 Å². The smallest absolute Gasteiger partial charge is 0.294 e. The third kappa shape index (κ3) is 3.16. The monoisotopic (exact) mass is 301 g/mol. The van der Waals surface area contributed by atoms with E-state index in [0.717, 1.165) is 6.42 Å². The van der Waals surface area contributed by atoms with Gasteiger partial charge in [-0.1, -0.05) is 6.92 Å². The van der Waals surface area contributed by atoms with E-state index in [2.05, 4.69) is 21.2 Å². The fourth-order valence-corrected chi connectivity index (χ4v) is 1.89. The SMILES string of the molecule is CCCNc1c(Br)cc(C(N)=O)cc1[N+](=O)[O-]. The molecule has 0 radical (unpaired) electrons. The van der Waals surface area contributed by atoms with Gasteiger partial charge in [-0.2, -0.15) is 0 Å². The molecule has 1 aromatic carbocycles. The zero-order valence-electron chi connectivity index (χ0n) is 9.20. The second-order valence-electron chi connectivity index (χ2n) is 3.40. The van der Waals surface area contributed by atoms with Crippen molar-refractivity contribution in [2.75, 3.05) is 11.9 Å². The second-order valence-corrected chi connectivity index (χ2v) is 4.25. The van der Waals surface area contributed by atoms with Gasteiger partial charge in [-0.15, -0.1) is 0 Å². The van der Waals surface area contributed by atoms with Gasteiger partial charge in [-0.3, -0.25) is 14.9 Å². The van der Waals surface area contributed by atoms with E-state index in [4.69, 9.17) is 5.73 Å². The molecule has 0 spiro atoms. The molecule has 0 aliphatic rings. The van der Waals surface area contributed by atoms with E-state index in [1.54, 1.807) is 0 Å². The minimum atomic E-state index is -0.698. The van der Waals surface area contributed by atoms with Crippen molar-refractivity contribution in [3.8, 4) is 0 Å². The molecule has 7 heteroatoms. The maximum Gasteiger partial charge on any atom is 0.294 e. The molecule has 17 heavy (non-hydrogen) atoms. The number of amides is 1. The summed E-state index contributed by atoms with van der Waals surface area (Å²) in [5.41, 5.74) is 5.40. The fraction of sp³-hybridized carbons (Fsp3) is 0.300. The highest BCUT2D eigenvalue weighted by Gasteiger charge is 2.19. The molecule has 1 amide bonds. The van der Waals surface area contributed by atoms with E-state index in [0.29, 0.717) is 16.7 Å². The highest BCUT2D eigenvalue weighted by molar-refractivity contribution is 9.10. The number of hydrogen-bond acceptors (Lipinski definition) is 4. The van der Waals surface area contributed by atoms with Crippen molar-refractivity contribution < 1.29 is 9.72 Å². The first kappa shape index (κ1) is 13.4. The van der Waals surface area contributed by atoms with Gasteiger partial charge in [-0.25, -0.2) is 0 Å². The maximum absolute atomic E-state index is 11.0. The molecular formula is C10H12BrN3O3. The highest BCUT2D eigenvalue weighted by atomic mass is 79.9. The van der Waals surface area contributed by atoms with Gasteiger partial charge in [0.15, 0.2) is 0 Å². The Morgan fingerprint density at radius 1 is 1.59 bits per heavy atom. The third-order valence-electron chi connectivity index (χ3n) is 2.10. The van der Waals surface area contributed by atoms with Crippen LogP contribution in [0, 0.1) is 10.1 Å². The largest absolute Gasteiger partial charge is 0.379 e. The van der Waals surface area contributed by atoms with Gasteiger partial charge in [0, 0.05) is 22.6 Å². The van der Waals surface area contributed by atoms with E-state index in [-0.39, 0.29) is 11.3 Å². The van der Waals surface area contributed by atoms with Gasteiger partial charge in [0.1, 0.15) is 5.69 Å². The first-order valence-corrected chi connectivity index (χ1v) is 5.78. The van der Waals surface area contributed by atoms with E-state index in [1.165, 1.54) is 12.1 Å². The average molecular weight is 302 g/mol. The molecule has 0 bridgehead atoms. The number of anilines is 1. The molecule has 0 fully saturated rings. The number of nitro benzene ring substituents is 1. The van der Waals surface area contributed by atoms with Gasteiger partial charge in [0.25, 0.3) is 5.69 Å². The summed E-state index contributed by atoms with van der Waals surface area (Å²) in [6.07, 6.45) is 0.834. The Labute approximate surface area is 106 Å². The molecule has 0 aromatic heterocycles. The zero-order chi connectivity index (χ0) is 13.0. The van der Waals surface area contributed by atoms with Crippen LogP contribution in [0.1, 0.15) is 23.7 Å². The van der Waals surface area contributed by atoms with E-state index in [1.807, 2.05) is 6.92 Å². The predicted molar refractivity (Wildman–Crippen MR) is 68.1 cm³/mol. The van der Waals surface area contributed by atoms with Crippen molar-refractivity contribution >= 4 is 33.2 Å². The van der Waals surface area contributed by atoms with Gasteiger partial charge in [0.05, 0.1) is 4.92 Å². The number of halogens is 1. The molecule has 0 aliphatic heterocycles. The zero-order valence-corrected chi connectivity index (χ0v) is 10.8. The summed E-state index contributed by atoms with van der Waals surface area (Å²) < 4.78 is 0.453. The van der Waals surface area contributed by atoms with Crippen LogP contribution >= 0.6 is 15.9 Å². The number of nitrogens with one attached hydrogen (secondary N) is 1. The number of nitrogens with two attached hydrogens (primary N) is 1. The number of rotatable bonds is 5. The van der Waals surface area contributed by atoms with Crippen molar-refractivity contribution in [1.29, 1.82) is 0 Å². The number of benzene rings is 1. The third-order valence-corrected chi connectivity index (χ3v) is 2.73. The van der Waals surface area contributed by atoms with Crippen molar-refractivity contribution in [3.63, 3.8) is 0 Å². The molecule has 3 N–H and O–H groups in total. The highest BCUT2D eigenvalue weighted by Crippen LogP contribution is 2.33. The van der Waals surface area contributed by atoms with Crippen LogP contribution < -0.4 is 11.1 Å². The molecule has 0 saturated heterocycles. The Kier molecular flexibility index (Phi) is 4.45. The lowest BCUT2D eigenvalue weighted by Gasteiger charge is -2.09. The lowest BCUT2D eigenvalue weighted by Crippen LogP contribution is -2.12. The Hall–Kier alpha value is -1.63. The molecule has 0 heterocycles. The molecule has 1 rings (SSSR count). The van der Waals surface area contributed by atoms with Crippen molar-refractivity contribution in [1.82, 2.24) is 0 Å². The Morgan fingerprint density at radius 3 is 2.71 bits per heavy atom. The van der Waals surface area contributed by atoms with Crippen LogP contribution in [0.5, 0.6) is 0 Å². The molecule has 92 valence electrons. The summed E-state index contributed by atoms with van der Waals surface area (Å²) in [4.78, 5) is 21.4. The van der Waals surface area contributed by atoms with Crippen molar-refractivity contribution in [2.45, 2.75) is 13.3 Å². The van der Waals surface area contributed by atoms with Gasteiger partial charge >= 0.3 is 0 Å². The van der Waals surface area contributed by atoms with Crippen molar-refractivity contribution in [2.24, 2.45) is 5.73 Å². The number of nitrogens with zero attached hydrogens (tertiary/aromatic N) is 1. The summed E-state index contributed by atoms with van der Waals surface area (Å²) >= 11 is 3.19. The van der Waals surface area contributed by atoms with Crippen LogP contribution in [0.15, 0.2) is 16.6 Å². The van der Waals surface area contributed by atoms with Crippen LogP contribution in [0.3, 0.4) is 0 Å². The topological polar surface area (TPSA) is 98.3 Å². The summed E-state index contributed by atoms with van der Waals surface area (Å²) in [5.74, 6) is -0.698. The van der Waals surface area contributed by atoms with Crippen LogP contribution in [0.2, 0.25) is 0 Å². The standard InChI is InChI=1S/C10H12BrN3O3/c1-2-3-13-9-7(11)4-6(10(12)15)5-8(9)14(16)17/h4-5,13H,2-3H2,1H3,(H2,12,15). The number of nitro groups is 1. The first-order chi connectivity index (χ1) is 7.97. The molecule has 6 nitrogen and oxygen atoms in total. The van der Waals surface area contributed by atoms with E-state index < -0.39 is 10.8 Å². The summed E-state index contributed by atoms with van der Waals surface area (Å²) in [6, 6.07) is 2.64. The average Bonchev–Trinajstić information content (AvgIpc) is 2.26. The van der Waals surface area contributed by atoms with Gasteiger partial charge < -0.3 is 11.1 Å². The molecule has 0 unspecified atom stereocenters. The normalized spacial score (nSPS) is 10.0. The fourth-order valence-electron chi connectivity index (χ4n) is 1.30. The second kappa shape index (κ2) is 5.62. The van der Waals surface area contributed by atoms with Crippen LogP contribution in [-0.4, -0.2) is 17.4 Å². The van der Waals surface area contributed by atoms with E-state index >= 15 is 0 Å². The number of carbonyl (C=O) groups excluding carboxylic acids is 1. The molecule has 0 atom stereocenters. The summed E-state index contributed by atoms with van der Waals surface area (Å²) in [6.45, 7) is 2.56. The lowest BCUT2D eigenvalue weighted by atomic mass is 10.1.